The van der Waals surface area contributed by atoms with Gasteiger partial charge in [0.15, 0.2) is 5.76 Å². The van der Waals surface area contributed by atoms with Crippen LogP contribution in [0.3, 0.4) is 0 Å². The number of methoxy groups -OCH3 is 1. The molecule has 0 saturated carbocycles. The number of amides is 1. The Morgan fingerprint density at radius 1 is 1.17 bits per heavy atom. The topological polar surface area (TPSA) is 101 Å². The Hall–Kier alpha value is -4.18. The molecule has 0 bridgehead atoms. The Morgan fingerprint density at radius 2 is 1.97 bits per heavy atom. The van der Waals surface area contributed by atoms with E-state index >= 15 is 0 Å². The van der Waals surface area contributed by atoms with E-state index in [0.717, 1.165) is 5.56 Å². The smallest absolute Gasteiger partial charge is 0.271 e. The summed E-state index contributed by atoms with van der Waals surface area (Å²) >= 11 is 0. The van der Waals surface area contributed by atoms with E-state index in [9.17, 15) is 10.1 Å². The van der Waals surface area contributed by atoms with Crippen molar-refractivity contribution in [1.29, 1.82) is 5.26 Å². The van der Waals surface area contributed by atoms with Crippen molar-refractivity contribution < 1.29 is 14.1 Å². The average Bonchev–Trinajstić information content (AvgIpc) is 3.33. The van der Waals surface area contributed by atoms with Crippen LogP contribution in [0.4, 0.5) is 0 Å². The second-order valence-electron chi connectivity index (χ2n) is 6.68. The summed E-state index contributed by atoms with van der Waals surface area (Å²) < 4.78 is 10.5. The van der Waals surface area contributed by atoms with E-state index in [1.165, 1.54) is 6.20 Å². The molecule has 1 atom stereocenters. The van der Waals surface area contributed by atoms with Crippen molar-refractivity contribution in [3.63, 3.8) is 0 Å². The van der Waals surface area contributed by atoms with Gasteiger partial charge in [-0.1, -0.05) is 35.5 Å². The number of carbonyl (C=O) groups excluding carboxylic acids is 1. The van der Waals surface area contributed by atoms with Crippen LogP contribution >= 0.6 is 0 Å². The molecule has 7 nitrogen and oxygen atoms in total. The highest BCUT2D eigenvalue weighted by Gasteiger charge is 2.22. The number of aromatic nitrogens is 2. The highest BCUT2D eigenvalue weighted by molar-refractivity contribution is 6.10. The molecule has 0 aliphatic heterocycles. The number of rotatable bonds is 5. The average molecular weight is 398 g/mol. The Labute approximate surface area is 172 Å². The van der Waals surface area contributed by atoms with Gasteiger partial charge in [-0.15, -0.1) is 0 Å². The number of ether oxygens (including phenoxy) is 1. The van der Waals surface area contributed by atoms with Gasteiger partial charge in [0.25, 0.3) is 5.91 Å². The van der Waals surface area contributed by atoms with Crippen LogP contribution in [0.1, 0.15) is 34.9 Å². The van der Waals surface area contributed by atoms with E-state index in [4.69, 9.17) is 9.26 Å². The van der Waals surface area contributed by atoms with Crippen molar-refractivity contribution in [2.45, 2.75) is 13.0 Å². The zero-order chi connectivity index (χ0) is 21.1. The van der Waals surface area contributed by atoms with Gasteiger partial charge in [-0.25, -0.2) is 4.98 Å². The molecule has 0 aliphatic carbocycles. The first-order valence-corrected chi connectivity index (χ1v) is 9.31. The minimum Gasteiger partial charge on any atom is -0.497 e. The second kappa shape index (κ2) is 8.05. The standard InChI is InChI=1S/C23H18N4O3/c1-14(20-10-11-25-30-20)26-23(28)22-17-9-8-16(29-2)12-18(17)21(19(13-24)27-22)15-6-4-3-5-7-15/h3-12,14H,1-2H3,(H,26,28). The van der Waals surface area contributed by atoms with Gasteiger partial charge in [-0.2, -0.15) is 5.26 Å². The van der Waals surface area contributed by atoms with E-state index in [1.807, 2.05) is 36.4 Å². The molecular formula is C23H18N4O3. The third kappa shape index (κ3) is 3.47. The number of benzene rings is 2. The molecule has 0 spiro atoms. The molecule has 2 aromatic heterocycles. The van der Waals surface area contributed by atoms with Gasteiger partial charge in [0.2, 0.25) is 0 Å². The Morgan fingerprint density at radius 3 is 2.63 bits per heavy atom. The minimum absolute atomic E-state index is 0.162. The minimum atomic E-state index is -0.412. The molecule has 0 aliphatic rings. The van der Waals surface area contributed by atoms with E-state index in [1.54, 1.807) is 32.2 Å². The predicted octanol–water partition coefficient (Wildman–Crippen LogP) is 4.26. The molecule has 7 heteroatoms. The van der Waals surface area contributed by atoms with Crippen LogP contribution in [0.15, 0.2) is 65.3 Å². The first-order valence-electron chi connectivity index (χ1n) is 9.31. The van der Waals surface area contributed by atoms with E-state index in [0.29, 0.717) is 27.8 Å². The third-order valence-corrected chi connectivity index (χ3v) is 4.83. The molecule has 1 amide bonds. The predicted molar refractivity (Wildman–Crippen MR) is 111 cm³/mol. The molecular weight excluding hydrogens is 380 g/mol. The van der Waals surface area contributed by atoms with Gasteiger partial charge in [-0.05, 0) is 36.1 Å². The molecule has 0 saturated heterocycles. The Kier molecular flexibility index (Phi) is 5.14. The molecule has 4 aromatic rings. The molecule has 1 N–H and O–H groups in total. The summed E-state index contributed by atoms with van der Waals surface area (Å²) in [6.07, 6.45) is 1.51. The zero-order valence-corrected chi connectivity index (χ0v) is 16.4. The number of nitrogens with one attached hydrogen (secondary N) is 1. The monoisotopic (exact) mass is 398 g/mol. The number of pyridine rings is 1. The number of carbonyl (C=O) groups is 1. The number of nitrogens with zero attached hydrogens (tertiary/aromatic N) is 3. The maximum Gasteiger partial charge on any atom is 0.271 e. The second-order valence-corrected chi connectivity index (χ2v) is 6.68. The van der Waals surface area contributed by atoms with Crippen LogP contribution in [0.25, 0.3) is 21.9 Å². The quantitative estimate of drug-likeness (QED) is 0.539. The van der Waals surface area contributed by atoms with Gasteiger partial charge >= 0.3 is 0 Å². The lowest BCUT2D eigenvalue weighted by atomic mass is 9.95. The van der Waals surface area contributed by atoms with Gasteiger partial charge in [0, 0.05) is 17.0 Å². The zero-order valence-electron chi connectivity index (χ0n) is 16.4. The van der Waals surface area contributed by atoms with Crippen molar-refractivity contribution >= 4 is 16.7 Å². The summed E-state index contributed by atoms with van der Waals surface area (Å²) in [5.41, 5.74) is 1.82. The fourth-order valence-corrected chi connectivity index (χ4v) is 3.36. The fraction of sp³-hybridized carbons (Fsp3) is 0.130. The van der Waals surface area contributed by atoms with Gasteiger partial charge in [0.1, 0.15) is 23.2 Å². The summed E-state index contributed by atoms with van der Waals surface area (Å²) in [6.45, 7) is 1.78. The first kappa shape index (κ1) is 19.2. The van der Waals surface area contributed by atoms with Crippen LogP contribution in [-0.4, -0.2) is 23.2 Å². The SMILES string of the molecule is COc1ccc2c(C(=O)NC(C)c3ccno3)nc(C#N)c(-c3ccccc3)c2c1. The summed E-state index contributed by atoms with van der Waals surface area (Å²) in [5.74, 6) is 0.733. The number of hydrogen-bond acceptors (Lipinski definition) is 6. The van der Waals surface area contributed by atoms with Crippen molar-refractivity contribution in [3.05, 3.63) is 77.9 Å². The van der Waals surface area contributed by atoms with Crippen LogP contribution in [0, 0.1) is 11.3 Å². The molecule has 148 valence electrons. The molecule has 1 unspecified atom stereocenters. The highest BCUT2D eigenvalue weighted by Crippen LogP contribution is 2.35. The molecule has 2 heterocycles. The van der Waals surface area contributed by atoms with Crippen molar-refractivity contribution in [2.24, 2.45) is 0 Å². The van der Waals surface area contributed by atoms with Crippen molar-refractivity contribution in [1.82, 2.24) is 15.5 Å². The van der Waals surface area contributed by atoms with Crippen LogP contribution in [0.5, 0.6) is 5.75 Å². The Balaban J connectivity index is 1.89. The van der Waals surface area contributed by atoms with Crippen molar-refractivity contribution in [2.75, 3.05) is 7.11 Å². The number of nitriles is 1. The number of hydrogen-bond donors (Lipinski definition) is 1. The normalized spacial score (nSPS) is 11.6. The summed E-state index contributed by atoms with van der Waals surface area (Å²) in [6, 6.07) is 18.3. The van der Waals surface area contributed by atoms with Crippen LogP contribution < -0.4 is 10.1 Å². The summed E-state index contributed by atoms with van der Waals surface area (Å²) in [4.78, 5) is 17.5. The molecule has 30 heavy (non-hydrogen) atoms. The molecule has 0 radical (unpaired) electrons. The van der Waals surface area contributed by atoms with E-state index in [-0.39, 0.29) is 11.4 Å². The lowest BCUT2D eigenvalue weighted by molar-refractivity contribution is 0.0930. The molecule has 4 rings (SSSR count). The largest absolute Gasteiger partial charge is 0.497 e. The van der Waals surface area contributed by atoms with Gasteiger partial charge in [-0.3, -0.25) is 4.79 Å². The lowest BCUT2D eigenvalue weighted by Crippen LogP contribution is -2.27. The van der Waals surface area contributed by atoms with Crippen LogP contribution in [0.2, 0.25) is 0 Å². The summed E-state index contributed by atoms with van der Waals surface area (Å²) in [7, 11) is 1.57. The fourth-order valence-electron chi connectivity index (χ4n) is 3.36. The van der Waals surface area contributed by atoms with Crippen molar-refractivity contribution in [3.8, 4) is 22.9 Å². The van der Waals surface area contributed by atoms with E-state index in [2.05, 4.69) is 21.5 Å². The highest BCUT2D eigenvalue weighted by atomic mass is 16.5. The third-order valence-electron chi connectivity index (χ3n) is 4.83. The number of fused-ring (bicyclic) bond motifs is 1. The Bertz CT molecular complexity index is 1250. The van der Waals surface area contributed by atoms with Gasteiger partial charge in [0.05, 0.1) is 19.3 Å². The summed E-state index contributed by atoms with van der Waals surface area (Å²) in [5, 5.41) is 17.7. The first-order chi connectivity index (χ1) is 14.6. The van der Waals surface area contributed by atoms with E-state index < -0.39 is 11.9 Å². The maximum atomic E-state index is 13.1. The lowest BCUT2D eigenvalue weighted by Gasteiger charge is -2.15. The van der Waals surface area contributed by atoms with Gasteiger partial charge < -0.3 is 14.6 Å². The maximum absolute atomic E-state index is 13.1. The van der Waals surface area contributed by atoms with Crippen LogP contribution in [-0.2, 0) is 0 Å². The molecule has 2 aromatic carbocycles. The molecule has 0 fully saturated rings.